The van der Waals surface area contributed by atoms with Gasteiger partial charge in [-0.2, -0.15) is 5.26 Å². The molecule has 0 bridgehead atoms. The molecule has 0 N–H and O–H groups in total. The molecule has 6 heteroatoms. The molecule has 0 aliphatic rings. The van der Waals surface area contributed by atoms with Crippen LogP contribution in [-0.2, 0) is 0 Å². The van der Waals surface area contributed by atoms with Crippen molar-refractivity contribution < 1.29 is 4.42 Å². The highest BCUT2D eigenvalue weighted by molar-refractivity contribution is 6.30. The fourth-order valence-corrected chi connectivity index (χ4v) is 2.14. The summed E-state index contributed by atoms with van der Waals surface area (Å²) in [6.45, 7) is 1.94. The molecule has 0 atom stereocenters. The second-order valence-electron chi connectivity index (χ2n) is 4.22. The van der Waals surface area contributed by atoms with Crippen molar-refractivity contribution in [2.24, 2.45) is 0 Å². The third-order valence-corrected chi connectivity index (χ3v) is 3.17. The highest BCUT2D eigenvalue weighted by atomic mass is 35.5. The summed E-state index contributed by atoms with van der Waals surface area (Å²) in [6, 6.07) is 11.0. The monoisotopic (exact) mass is 284 g/mol. The van der Waals surface area contributed by atoms with Gasteiger partial charge in [0, 0.05) is 5.02 Å². The maximum Gasteiger partial charge on any atom is 0.194 e. The van der Waals surface area contributed by atoms with E-state index in [1.54, 1.807) is 35.2 Å². The van der Waals surface area contributed by atoms with Gasteiger partial charge in [0.2, 0.25) is 0 Å². The largest absolute Gasteiger partial charge is 0.463 e. The molecule has 0 aliphatic heterocycles. The van der Waals surface area contributed by atoms with Gasteiger partial charge in [0.15, 0.2) is 11.5 Å². The van der Waals surface area contributed by atoms with Gasteiger partial charge in [0.25, 0.3) is 0 Å². The minimum Gasteiger partial charge on any atom is -0.463 e. The molecule has 5 nitrogen and oxygen atoms in total. The quantitative estimate of drug-likeness (QED) is 0.723. The van der Waals surface area contributed by atoms with Crippen LogP contribution in [0, 0.1) is 18.3 Å². The Hall–Kier alpha value is -2.58. The third-order valence-electron chi connectivity index (χ3n) is 2.93. The smallest absolute Gasteiger partial charge is 0.194 e. The van der Waals surface area contributed by atoms with Crippen LogP contribution in [0.5, 0.6) is 0 Å². The molecule has 0 aliphatic carbocycles. The first-order valence-electron chi connectivity index (χ1n) is 5.87. The molecule has 3 rings (SSSR count). The summed E-state index contributed by atoms with van der Waals surface area (Å²) in [5.41, 5.74) is 2.46. The average molecular weight is 285 g/mol. The first kappa shape index (κ1) is 12.5. The normalized spacial score (nSPS) is 10.4. The Morgan fingerprint density at radius 1 is 1.35 bits per heavy atom. The summed E-state index contributed by atoms with van der Waals surface area (Å²) >= 11 is 6.03. The summed E-state index contributed by atoms with van der Waals surface area (Å²) in [5, 5.41) is 17.7. The van der Waals surface area contributed by atoms with E-state index >= 15 is 0 Å². The van der Waals surface area contributed by atoms with Crippen LogP contribution in [0.2, 0.25) is 5.02 Å². The minimum absolute atomic E-state index is 0.208. The summed E-state index contributed by atoms with van der Waals surface area (Å²) in [7, 11) is 0. The van der Waals surface area contributed by atoms with Crippen molar-refractivity contribution in [3.63, 3.8) is 0 Å². The molecular formula is C14H9ClN4O. The molecule has 1 aromatic carbocycles. The van der Waals surface area contributed by atoms with E-state index in [1.165, 1.54) is 0 Å². The SMILES string of the molecule is Cc1ccc(Cl)cc1-n1nnc(C#N)c1-c1ccco1. The van der Waals surface area contributed by atoms with Gasteiger partial charge in [-0.1, -0.05) is 22.9 Å². The Morgan fingerprint density at radius 3 is 2.90 bits per heavy atom. The Kier molecular flexibility index (Phi) is 3.01. The summed E-state index contributed by atoms with van der Waals surface area (Å²) in [5.74, 6) is 0.533. The molecule has 0 unspecified atom stereocenters. The van der Waals surface area contributed by atoms with Crippen molar-refractivity contribution in [2.75, 3.05) is 0 Å². The van der Waals surface area contributed by atoms with Crippen LogP contribution in [-0.4, -0.2) is 15.0 Å². The van der Waals surface area contributed by atoms with Crippen LogP contribution >= 0.6 is 11.6 Å². The number of halogens is 1. The average Bonchev–Trinajstić information content (AvgIpc) is 3.08. The summed E-state index contributed by atoms with van der Waals surface area (Å²) in [6.07, 6.45) is 1.54. The van der Waals surface area contributed by atoms with E-state index in [2.05, 4.69) is 10.3 Å². The number of rotatable bonds is 2. The van der Waals surface area contributed by atoms with Crippen LogP contribution in [0.15, 0.2) is 41.0 Å². The lowest BCUT2D eigenvalue weighted by atomic mass is 10.2. The van der Waals surface area contributed by atoms with Crippen molar-refractivity contribution in [3.8, 4) is 23.2 Å². The van der Waals surface area contributed by atoms with Crippen molar-refractivity contribution in [1.82, 2.24) is 15.0 Å². The molecule has 98 valence electrons. The maximum atomic E-state index is 9.17. The second-order valence-corrected chi connectivity index (χ2v) is 4.65. The van der Waals surface area contributed by atoms with E-state index in [-0.39, 0.29) is 5.69 Å². The Labute approximate surface area is 120 Å². The molecule has 3 aromatic rings. The summed E-state index contributed by atoms with van der Waals surface area (Å²) < 4.78 is 6.94. The van der Waals surface area contributed by atoms with Crippen LogP contribution < -0.4 is 0 Å². The molecule has 0 amide bonds. The van der Waals surface area contributed by atoms with Gasteiger partial charge in [-0.15, -0.1) is 5.10 Å². The lowest BCUT2D eigenvalue weighted by Crippen LogP contribution is -2.01. The third kappa shape index (κ3) is 1.96. The van der Waals surface area contributed by atoms with Gasteiger partial charge < -0.3 is 4.42 Å². The Balaban J connectivity index is 2.28. The van der Waals surface area contributed by atoms with Crippen molar-refractivity contribution in [1.29, 1.82) is 5.26 Å². The zero-order valence-corrected chi connectivity index (χ0v) is 11.3. The van der Waals surface area contributed by atoms with Gasteiger partial charge in [-0.25, -0.2) is 4.68 Å². The van der Waals surface area contributed by atoms with E-state index < -0.39 is 0 Å². The zero-order valence-electron chi connectivity index (χ0n) is 10.5. The van der Waals surface area contributed by atoms with Crippen molar-refractivity contribution in [3.05, 3.63) is 52.9 Å². The lowest BCUT2D eigenvalue weighted by molar-refractivity contribution is 0.576. The fourth-order valence-electron chi connectivity index (χ4n) is 1.97. The number of furan rings is 1. The van der Waals surface area contributed by atoms with Gasteiger partial charge in [0.05, 0.1) is 12.0 Å². The molecule has 0 fully saturated rings. The standard InChI is InChI=1S/C14H9ClN4O/c1-9-4-5-10(15)7-12(9)19-14(11(8-16)17-18-19)13-3-2-6-20-13/h2-7H,1H3. The minimum atomic E-state index is 0.208. The number of nitrogens with zero attached hydrogens (tertiary/aromatic N) is 4. The first-order valence-corrected chi connectivity index (χ1v) is 6.24. The highest BCUT2D eigenvalue weighted by Gasteiger charge is 2.19. The van der Waals surface area contributed by atoms with Gasteiger partial charge >= 0.3 is 0 Å². The Morgan fingerprint density at radius 2 is 2.20 bits per heavy atom. The molecule has 0 radical (unpaired) electrons. The maximum absolute atomic E-state index is 9.17. The van der Waals surface area contributed by atoms with E-state index in [4.69, 9.17) is 21.3 Å². The molecular weight excluding hydrogens is 276 g/mol. The number of hydrogen-bond acceptors (Lipinski definition) is 4. The van der Waals surface area contributed by atoms with E-state index in [9.17, 15) is 0 Å². The predicted octanol–water partition coefficient (Wildman–Crippen LogP) is 3.36. The topological polar surface area (TPSA) is 67.6 Å². The number of nitriles is 1. The van der Waals surface area contributed by atoms with E-state index in [0.717, 1.165) is 11.3 Å². The lowest BCUT2D eigenvalue weighted by Gasteiger charge is -2.08. The Bertz CT molecular complexity index is 799. The van der Waals surface area contributed by atoms with Gasteiger partial charge in [0.1, 0.15) is 11.8 Å². The van der Waals surface area contributed by atoms with Crippen molar-refractivity contribution in [2.45, 2.75) is 6.92 Å². The molecule has 0 spiro atoms. The summed E-state index contributed by atoms with van der Waals surface area (Å²) in [4.78, 5) is 0. The van der Waals surface area contributed by atoms with E-state index in [1.807, 2.05) is 19.1 Å². The second kappa shape index (κ2) is 4.83. The molecule has 0 saturated carbocycles. The molecule has 20 heavy (non-hydrogen) atoms. The van der Waals surface area contributed by atoms with Crippen LogP contribution in [0.1, 0.15) is 11.3 Å². The molecule has 0 saturated heterocycles. The van der Waals surface area contributed by atoms with Gasteiger partial charge in [-0.3, -0.25) is 0 Å². The zero-order chi connectivity index (χ0) is 14.1. The number of aromatic nitrogens is 3. The van der Waals surface area contributed by atoms with Crippen LogP contribution in [0.4, 0.5) is 0 Å². The van der Waals surface area contributed by atoms with Crippen molar-refractivity contribution >= 4 is 11.6 Å². The predicted molar refractivity (Wildman–Crippen MR) is 73.5 cm³/mol. The fraction of sp³-hybridized carbons (Fsp3) is 0.0714. The first-order chi connectivity index (χ1) is 9.70. The number of aryl methyl sites for hydroxylation is 1. The molecule has 2 aromatic heterocycles. The molecule has 2 heterocycles. The van der Waals surface area contributed by atoms with Crippen LogP contribution in [0.3, 0.4) is 0 Å². The van der Waals surface area contributed by atoms with Crippen LogP contribution in [0.25, 0.3) is 17.1 Å². The van der Waals surface area contributed by atoms with Gasteiger partial charge in [-0.05, 0) is 36.8 Å². The number of hydrogen-bond donors (Lipinski definition) is 0. The number of benzene rings is 1. The highest BCUT2D eigenvalue weighted by Crippen LogP contribution is 2.27. The van der Waals surface area contributed by atoms with E-state index in [0.29, 0.717) is 16.5 Å².